The second-order valence-electron chi connectivity index (χ2n) is 4.30. The SMILES string of the molecule is CCNC(=NCc1cccc(OC)n1)NCc1ccco1.I. The van der Waals surface area contributed by atoms with Crippen molar-refractivity contribution in [1.29, 1.82) is 0 Å². The minimum absolute atomic E-state index is 0. The summed E-state index contributed by atoms with van der Waals surface area (Å²) >= 11 is 0. The average molecular weight is 416 g/mol. The molecular weight excluding hydrogens is 395 g/mol. The van der Waals surface area contributed by atoms with Crippen LogP contribution < -0.4 is 15.4 Å². The molecule has 0 bridgehead atoms. The topological polar surface area (TPSA) is 71.7 Å². The quantitative estimate of drug-likeness (QED) is 0.430. The summed E-state index contributed by atoms with van der Waals surface area (Å²) in [6, 6.07) is 9.41. The monoisotopic (exact) mass is 416 g/mol. The molecule has 6 nitrogen and oxygen atoms in total. The minimum Gasteiger partial charge on any atom is -0.481 e. The summed E-state index contributed by atoms with van der Waals surface area (Å²) in [6.07, 6.45) is 1.65. The zero-order valence-electron chi connectivity index (χ0n) is 12.7. The van der Waals surface area contributed by atoms with Gasteiger partial charge in [-0.05, 0) is 25.1 Å². The summed E-state index contributed by atoms with van der Waals surface area (Å²) < 4.78 is 10.4. The third kappa shape index (κ3) is 5.92. The summed E-state index contributed by atoms with van der Waals surface area (Å²) in [5.41, 5.74) is 0.851. The van der Waals surface area contributed by atoms with Crippen LogP contribution in [0.2, 0.25) is 0 Å². The van der Waals surface area contributed by atoms with Crippen molar-refractivity contribution >= 4 is 29.9 Å². The van der Waals surface area contributed by atoms with Crippen LogP contribution in [0.3, 0.4) is 0 Å². The largest absolute Gasteiger partial charge is 0.481 e. The van der Waals surface area contributed by atoms with E-state index in [1.54, 1.807) is 13.4 Å². The number of ether oxygens (including phenoxy) is 1. The van der Waals surface area contributed by atoms with Crippen molar-refractivity contribution in [2.75, 3.05) is 13.7 Å². The van der Waals surface area contributed by atoms with Gasteiger partial charge in [-0.3, -0.25) is 0 Å². The Morgan fingerprint density at radius 1 is 1.27 bits per heavy atom. The van der Waals surface area contributed by atoms with E-state index in [0.717, 1.165) is 24.0 Å². The predicted molar refractivity (Wildman–Crippen MR) is 96.6 cm³/mol. The molecule has 0 aliphatic rings. The molecule has 7 heteroatoms. The fourth-order valence-corrected chi connectivity index (χ4v) is 1.75. The number of rotatable bonds is 6. The predicted octanol–water partition coefficient (Wildman–Crippen LogP) is 2.56. The molecule has 0 spiro atoms. The smallest absolute Gasteiger partial charge is 0.213 e. The van der Waals surface area contributed by atoms with Gasteiger partial charge in [0.1, 0.15) is 5.76 Å². The second kappa shape index (κ2) is 10.0. The third-order valence-electron chi connectivity index (χ3n) is 2.74. The lowest BCUT2D eigenvalue weighted by molar-refractivity contribution is 0.396. The van der Waals surface area contributed by atoms with E-state index in [1.807, 2.05) is 37.3 Å². The summed E-state index contributed by atoms with van der Waals surface area (Å²) in [5.74, 6) is 2.18. The molecule has 0 aromatic carbocycles. The third-order valence-corrected chi connectivity index (χ3v) is 2.74. The average Bonchev–Trinajstić information content (AvgIpc) is 3.03. The van der Waals surface area contributed by atoms with Gasteiger partial charge in [0.25, 0.3) is 0 Å². The first-order chi connectivity index (χ1) is 10.3. The highest BCUT2D eigenvalue weighted by molar-refractivity contribution is 14.0. The highest BCUT2D eigenvalue weighted by atomic mass is 127. The van der Waals surface area contributed by atoms with E-state index >= 15 is 0 Å². The van der Waals surface area contributed by atoms with Gasteiger partial charge in [0, 0.05) is 12.6 Å². The van der Waals surface area contributed by atoms with E-state index in [-0.39, 0.29) is 24.0 Å². The van der Waals surface area contributed by atoms with Gasteiger partial charge in [-0.2, -0.15) is 0 Å². The molecule has 0 unspecified atom stereocenters. The number of hydrogen-bond donors (Lipinski definition) is 2. The molecule has 0 radical (unpaired) electrons. The van der Waals surface area contributed by atoms with Crippen molar-refractivity contribution in [2.45, 2.75) is 20.0 Å². The van der Waals surface area contributed by atoms with E-state index in [2.05, 4.69) is 20.6 Å². The maximum absolute atomic E-state index is 5.28. The van der Waals surface area contributed by atoms with Gasteiger partial charge in [-0.15, -0.1) is 24.0 Å². The van der Waals surface area contributed by atoms with Crippen LogP contribution in [0, 0.1) is 0 Å². The van der Waals surface area contributed by atoms with Gasteiger partial charge in [0.15, 0.2) is 5.96 Å². The van der Waals surface area contributed by atoms with Crippen LogP contribution in [0.4, 0.5) is 0 Å². The zero-order chi connectivity index (χ0) is 14.9. The number of pyridine rings is 1. The lowest BCUT2D eigenvalue weighted by Crippen LogP contribution is -2.36. The second-order valence-corrected chi connectivity index (χ2v) is 4.30. The van der Waals surface area contributed by atoms with Gasteiger partial charge in [-0.1, -0.05) is 6.07 Å². The highest BCUT2D eigenvalue weighted by Crippen LogP contribution is 2.07. The Kier molecular flexibility index (Phi) is 8.34. The number of guanidine groups is 1. The van der Waals surface area contributed by atoms with Crippen molar-refractivity contribution in [3.63, 3.8) is 0 Å². The van der Waals surface area contributed by atoms with Crippen LogP contribution in [0.25, 0.3) is 0 Å². The molecule has 0 amide bonds. The first-order valence-corrected chi connectivity index (χ1v) is 6.86. The molecule has 0 aliphatic carbocycles. The van der Waals surface area contributed by atoms with Crippen molar-refractivity contribution < 1.29 is 9.15 Å². The maximum Gasteiger partial charge on any atom is 0.213 e. The molecule has 2 heterocycles. The van der Waals surface area contributed by atoms with Gasteiger partial charge in [0.2, 0.25) is 5.88 Å². The first kappa shape index (κ1) is 18.3. The van der Waals surface area contributed by atoms with E-state index in [0.29, 0.717) is 19.0 Å². The first-order valence-electron chi connectivity index (χ1n) is 6.86. The molecular formula is C15H21IN4O2. The Morgan fingerprint density at radius 2 is 2.14 bits per heavy atom. The van der Waals surface area contributed by atoms with Crippen LogP contribution in [0.5, 0.6) is 5.88 Å². The Labute approximate surface area is 147 Å². The summed E-state index contributed by atoms with van der Waals surface area (Å²) in [5, 5.41) is 6.39. The van der Waals surface area contributed by atoms with Crippen molar-refractivity contribution in [1.82, 2.24) is 15.6 Å². The number of hydrogen-bond acceptors (Lipinski definition) is 4. The summed E-state index contributed by atoms with van der Waals surface area (Å²) in [4.78, 5) is 8.82. The van der Waals surface area contributed by atoms with E-state index in [4.69, 9.17) is 9.15 Å². The number of halogens is 1. The van der Waals surface area contributed by atoms with Crippen molar-refractivity contribution in [3.8, 4) is 5.88 Å². The number of nitrogens with zero attached hydrogens (tertiary/aromatic N) is 2. The molecule has 0 saturated heterocycles. The Balaban J connectivity index is 0.00000242. The number of methoxy groups -OCH3 is 1. The Hall–Kier alpha value is -1.77. The van der Waals surface area contributed by atoms with Crippen LogP contribution in [-0.4, -0.2) is 24.6 Å². The summed E-state index contributed by atoms with van der Waals surface area (Å²) in [7, 11) is 1.60. The normalized spacial score (nSPS) is 10.7. The Morgan fingerprint density at radius 3 is 2.82 bits per heavy atom. The molecule has 0 saturated carbocycles. The molecule has 2 N–H and O–H groups in total. The molecule has 0 fully saturated rings. The van der Waals surface area contributed by atoms with Crippen LogP contribution >= 0.6 is 24.0 Å². The molecule has 0 aliphatic heterocycles. The molecule has 2 rings (SSSR count). The standard InChI is InChI=1S/C15H20N4O2.HI/c1-3-16-15(18-11-13-7-5-9-21-13)17-10-12-6-4-8-14(19-12)20-2;/h4-9H,3,10-11H2,1-2H3,(H2,16,17,18);1H. The number of aliphatic imine (C=N–C) groups is 1. The number of nitrogens with one attached hydrogen (secondary N) is 2. The zero-order valence-corrected chi connectivity index (χ0v) is 15.0. The van der Waals surface area contributed by atoms with Crippen LogP contribution in [-0.2, 0) is 13.1 Å². The van der Waals surface area contributed by atoms with Crippen LogP contribution in [0.15, 0.2) is 46.0 Å². The van der Waals surface area contributed by atoms with Gasteiger partial charge >= 0.3 is 0 Å². The van der Waals surface area contributed by atoms with Crippen LogP contribution in [0.1, 0.15) is 18.4 Å². The molecule has 22 heavy (non-hydrogen) atoms. The highest BCUT2D eigenvalue weighted by Gasteiger charge is 2.01. The van der Waals surface area contributed by atoms with Gasteiger partial charge in [-0.25, -0.2) is 9.98 Å². The summed E-state index contributed by atoms with van der Waals surface area (Å²) in [6.45, 7) is 3.87. The van der Waals surface area contributed by atoms with Crippen molar-refractivity contribution in [3.05, 3.63) is 48.0 Å². The van der Waals surface area contributed by atoms with E-state index in [1.165, 1.54) is 0 Å². The van der Waals surface area contributed by atoms with Crippen molar-refractivity contribution in [2.24, 2.45) is 4.99 Å². The molecule has 120 valence electrons. The lowest BCUT2D eigenvalue weighted by atomic mass is 10.3. The fraction of sp³-hybridized carbons (Fsp3) is 0.333. The molecule has 2 aromatic rings. The maximum atomic E-state index is 5.28. The van der Waals surface area contributed by atoms with Gasteiger partial charge in [0.05, 0.1) is 32.2 Å². The Bertz CT molecular complexity index is 573. The molecule has 2 aromatic heterocycles. The van der Waals surface area contributed by atoms with E-state index in [9.17, 15) is 0 Å². The van der Waals surface area contributed by atoms with Gasteiger partial charge < -0.3 is 19.8 Å². The lowest BCUT2D eigenvalue weighted by Gasteiger charge is -2.10. The van der Waals surface area contributed by atoms with E-state index < -0.39 is 0 Å². The molecule has 0 atom stereocenters. The number of aromatic nitrogens is 1. The number of furan rings is 1. The minimum atomic E-state index is 0. The fourth-order valence-electron chi connectivity index (χ4n) is 1.75.